The predicted octanol–water partition coefficient (Wildman–Crippen LogP) is 0.535. The fourth-order valence-corrected chi connectivity index (χ4v) is 2.10. The maximum absolute atomic E-state index is 11.7. The number of nitrogens with one attached hydrogen (secondary N) is 1. The molecule has 2 rings (SSSR count). The number of carbonyl (C=O) groups is 1. The average Bonchev–Trinajstić information content (AvgIpc) is 3.05. The van der Waals surface area contributed by atoms with Crippen molar-refractivity contribution in [2.24, 2.45) is 5.92 Å². The highest BCUT2D eigenvalue weighted by atomic mass is 32.1. The zero-order valence-electron chi connectivity index (χ0n) is 11.4. The molecule has 7 nitrogen and oxygen atoms in total. The lowest BCUT2D eigenvalue weighted by Crippen LogP contribution is -2.36. The summed E-state index contributed by atoms with van der Waals surface area (Å²) >= 11 is 1.51. The molecule has 0 spiro atoms. The zero-order valence-corrected chi connectivity index (χ0v) is 12.2. The lowest BCUT2D eigenvalue weighted by atomic mass is 10.1. The summed E-state index contributed by atoms with van der Waals surface area (Å²) in [5.74, 6) is 0.361. The number of thiophene rings is 1. The summed E-state index contributed by atoms with van der Waals surface area (Å²) in [6.45, 7) is 4.00. The van der Waals surface area contributed by atoms with Crippen molar-refractivity contribution in [3.8, 4) is 10.7 Å². The Labute approximate surface area is 120 Å². The summed E-state index contributed by atoms with van der Waals surface area (Å²) in [6, 6.07) is 3.80. The number of amides is 1. The summed E-state index contributed by atoms with van der Waals surface area (Å²) in [4.78, 5) is 13.8. The Morgan fingerprint density at radius 3 is 3.00 bits per heavy atom. The Balaban J connectivity index is 1.86. The number of aliphatic hydroxyl groups is 1. The van der Waals surface area contributed by atoms with Gasteiger partial charge in [0.05, 0.1) is 11.0 Å². The van der Waals surface area contributed by atoms with Crippen LogP contribution in [0, 0.1) is 5.92 Å². The van der Waals surface area contributed by atoms with Crippen LogP contribution >= 0.6 is 11.3 Å². The van der Waals surface area contributed by atoms with Crippen LogP contribution < -0.4 is 5.32 Å². The van der Waals surface area contributed by atoms with Crippen molar-refractivity contribution in [2.45, 2.75) is 26.5 Å². The fraction of sp³-hybridized carbons (Fsp3) is 0.500. The number of aliphatic hydroxyl groups excluding tert-OH is 1. The van der Waals surface area contributed by atoms with E-state index in [1.54, 1.807) is 0 Å². The summed E-state index contributed by atoms with van der Waals surface area (Å²) in [7, 11) is 0. The van der Waals surface area contributed by atoms with E-state index in [2.05, 4.69) is 20.7 Å². The van der Waals surface area contributed by atoms with E-state index in [0.717, 1.165) is 4.88 Å². The van der Waals surface area contributed by atoms with Crippen molar-refractivity contribution in [3.63, 3.8) is 0 Å². The van der Waals surface area contributed by atoms with Gasteiger partial charge >= 0.3 is 0 Å². The van der Waals surface area contributed by atoms with E-state index in [9.17, 15) is 9.90 Å². The molecular weight excluding hydrogens is 278 g/mol. The van der Waals surface area contributed by atoms with E-state index in [4.69, 9.17) is 0 Å². The van der Waals surface area contributed by atoms with Crippen molar-refractivity contribution < 1.29 is 9.90 Å². The van der Waals surface area contributed by atoms with Gasteiger partial charge in [0.1, 0.15) is 6.54 Å². The minimum Gasteiger partial charge on any atom is -0.391 e. The Kier molecular flexibility index (Phi) is 4.80. The Bertz CT molecular complexity index is 552. The van der Waals surface area contributed by atoms with Gasteiger partial charge in [-0.2, -0.15) is 4.80 Å². The molecule has 0 saturated carbocycles. The van der Waals surface area contributed by atoms with E-state index in [1.165, 1.54) is 16.1 Å². The molecule has 0 aliphatic carbocycles. The monoisotopic (exact) mass is 295 g/mol. The first-order valence-corrected chi connectivity index (χ1v) is 7.20. The first-order chi connectivity index (χ1) is 9.56. The normalized spacial score (nSPS) is 12.6. The van der Waals surface area contributed by atoms with E-state index in [1.807, 2.05) is 31.4 Å². The smallest absolute Gasteiger partial charge is 0.243 e. The van der Waals surface area contributed by atoms with Crippen LogP contribution in [0.25, 0.3) is 10.7 Å². The molecule has 0 aliphatic rings. The minimum atomic E-state index is -0.552. The number of carbonyl (C=O) groups excluding carboxylic acids is 1. The number of aromatic nitrogens is 4. The van der Waals surface area contributed by atoms with Crippen molar-refractivity contribution >= 4 is 17.2 Å². The fourth-order valence-electron chi connectivity index (χ4n) is 1.45. The van der Waals surface area contributed by atoms with Gasteiger partial charge in [-0.15, -0.1) is 21.5 Å². The average molecular weight is 295 g/mol. The second-order valence-electron chi connectivity index (χ2n) is 4.74. The lowest BCUT2D eigenvalue weighted by Gasteiger charge is -2.14. The number of hydrogen-bond acceptors (Lipinski definition) is 6. The van der Waals surface area contributed by atoms with Gasteiger partial charge in [0.2, 0.25) is 11.7 Å². The van der Waals surface area contributed by atoms with Gasteiger partial charge in [-0.25, -0.2) is 0 Å². The Hall–Kier alpha value is -1.80. The second kappa shape index (κ2) is 6.58. The first-order valence-electron chi connectivity index (χ1n) is 6.32. The molecule has 0 bridgehead atoms. The molecule has 0 radical (unpaired) electrons. The van der Waals surface area contributed by atoms with Crippen LogP contribution in [-0.2, 0) is 11.3 Å². The minimum absolute atomic E-state index is 0.0107. The molecule has 2 N–H and O–H groups in total. The molecule has 1 atom stereocenters. The van der Waals surface area contributed by atoms with E-state index in [0.29, 0.717) is 5.82 Å². The maximum Gasteiger partial charge on any atom is 0.243 e. The third-order valence-corrected chi connectivity index (χ3v) is 3.62. The Morgan fingerprint density at radius 1 is 1.55 bits per heavy atom. The highest BCUT2D eigenvalue weighted by Crippen LogP contribution is 2.19. The third-order valence-electron chi connectivity index (χ3n) is 2.76. The summed E-state index contributed by atoms with van der Waals surface area (Å²) in [5, 5.41) is 26.0. The van der Waals surface area contributed by atoms with Crippen molar-refractivity contribution in [3.05, 3.63) is 17.5 Å². The third kappa shape index (κ3) is 3.84. The molecule has 0 fully saturated rings. The van der Waals surface area contributed by atoms with Crippen molar-refractivity contribution in [1.29, 1.82) is 0 Å². The standard InChI is InChI=1S/C12H17N5O2S/c1-8(2)9(18)6-13-11(19)7-17-15-12(14-16-17)10-4-3-5-20-10/h3-5,8-9,18H,6-7H2,1-2H3,(H,13,19). The van der Waals surface area contributed by atoms with Crippen LogP contribution in [0.15, 0.2) is 17.5 Å². The Morgan fingerprint density at radius 2 is 2.35 bits per heavy atom. The van der Waals surface area contributed by atoms with Gasteiger partial charge in [-0.1, -0.05) is 19.9 Å². The number of rotatable bonds is 6. The molecule has 2 heterocycles. The van der Waals surface area contributed by atoms with Crippen LogP contribution in [0.5, 0.6) is 0 Å². The first kappa shape index (κ1) is 14.6. The van der Waals surface area contributed by atoms with Gasteiger partial charge in [-0.05, 0) is 22.6 Å². The van der Waals surface area contributed by atoms with Crippen molar-refractivity contribution in [1.82, 2.24) is 25.5 Å². The summed E-state index contributed by atoms with van der Waals surface area (Å²) in [5.41, 5.74) is 0. The van der Waals surface area contributed by atoms with E-state index >= 15 is 0 Å². The van der Waals surface area contributed by atoms with Gasteiger partial charge in [0.25, 0.3) is 0 Å². The molecular formula is C12H17N5O2S. The van der Waals surface area contributed by atoms with Crippen LogP contribution in [0.3, 0.4) is 0 Å². The zero-order chi connectivity index (χ0) is 14.5. The largest absolute Gasteiger partial charge is 0.391 e. The predicted molar refractivity (Wildman–Crippen MR) is 75.0 cm³/mol. The van der Waals surface area contributed by atoms with Crippen LogP contribution in [0.2, 0.25) is 0 Å². The van der Waals surface area contributed by atoms with Gasteiger partial charge < -0.3 is 10.4 Å². The van der Waals surface area contributed by atoms with Crippen molar-refractivity contribution in [2.75, 3.05) is 6.54 Å². The quantitative estimate of drug-likeness (QED) is 0.811. The molecule has 0 saturated heterocycles. The number of hydrogen-bond donors (Lipinski definition) is 2. The van der Waals surface area contributed by atoms with Gasteiger partial charge in [0.15, 0.2) is 0 Å². The highest BCUT2D eigenvalue weighted by molar-refractivity contribution is 7.13. The van der Waals surface area contributed by atoms with Crippen LogP contribution in [0.1, 0.15) is 13.8 Å². The number of tetrazole rings is 1. The highest BCUT2D eigenvalue weighted by Gasteiger charge is 2.13. The molecule has 1 unspecified atom stereocenters. The molecule has 0 aliphatic heterocycles. The van der Waals surface area contributed by atoms with Gasteiger partial charge in [-0.3, -0.25) is 4.79 Å². The van der Waals surface area contributed by atoms with Gasteiger partial charge in [0, 0.05) is 6.54 Å². The molecule has 8 heteroatoms. The topological polar surface area (TPSA) is 92.9 Å². The molecule has 0 aromatic carbocycles. The van der Waals surface area contributed by atoms with Crippen LogP contribution in [0.4, 0.5) is 0 Å². The molecule has 1 amide bonds. The second-order valence-corrected chi connectivity index (χ2v) is 5.68. The summed E-state index contributed by atoms with van der Waals surface area (Å²) < 4.78 is 0. The van der Waals surface area contributed by atoms with E-state index < -0.39 is 6.10 Å². The molecule has 20 heavy (non-hydrogen) atoms. The molecule has 2 aromatic heterocycles. The summed E-state index contributed by atoms with van der Waals surface area (Å²) in [6.07, 6.45) is -0.552. The molecule has 2 aromatic rings. The lowest BCUT2D eigenvalue weighted by molar-refractivity contribution is -0.122. The van der Waals surface area contributed by atoms with E-state index in [-0.39, 0.29) is 24.9 Å². The maximum atomic E-state index is 11.7. The SMILES string of the molecule is CC(C)C(O)CNC(=O)Cn1nnc(-c2cccs2)n1. The number of nitrogens with zero attached hydrogens (tertiary/aromatic N) is 4. The van der Waals surface area contributed by atoms with Crippen LogP contribution in [-0.4, -0.2) is 43.9 Å². The molecule has 108 valence electrons.